The monoisotopic (exact) mass is 230 g/mol. The van der Waals surface area contributed by atoms with Crippen LogP contribution >= 0.6 is 0 Å². The second kappa shape index (κ2) is 4.20. The second-order valence-corrected chi connectivity index (χ2v) is 5.18. The SMILES string of the molecule is Cn1ccc(Nc2ccc(C(C)(C)C)cn2)n1. The smallest absolute Gasteiger partial charge is 0.153 e. The van der Waals surface area contributed by atoms with Gasteiger partial charge in [0.05, 0.1) is 0 Å². The van der Waals surface area contributed by atoms with E-state index < -0.39 is 0 Å². The van der Waals surface area contributed by atoms with Gasteiger partial charge < -0.3 is 5.32 Å². The summed E-state index contributed by atoms with van der Waals surface area (Å²) in [4.78, 5) is 4.39. The Kier molecular flexibility index (Phi) is 2.88. The molecular formula is C13H18N4. The van der Waals surface area contributed by atoms with Gasteiger partial charge >= 0.3 is 0 Å². The number of aryl methyl sites for hydroxylation is 1. The average Bonchev–Trinajstić information content (AvgIpc) is 2.63. The number of aromatic nitrogens is 3. The Bertz CT molecular complexity index is 491. The lowest BCUT2D eigenvalue weighted by Gasteiger charge is -2.18. The predicted molar refractivity (Wildman–Crippen MR) is 69.4 cm³/mol. The van der Waals surface area contributed by atoms with Gasteiger partial charge in [0.25, 0.3) is 0 Å². The van der Waals surface area contributed by atoms with Crippen molar-refractivity contribution >= 4 is 11.6 Å². The van der Waals surface area contributed by atoms with E-state index in [4.69, 9.17) is 0 Å². The van der Waals surface area contributed by atoms with Crippen LogP contribution in [0, 0.1) is 0 Å². The van der Waals surface area contributed by atoms with Gasteiger partial charge in [-0.25, -0.2) is 4.98 Å². The first-order chi connectivity index (χ1) is 7.95. The van der Waals surface area contributed by atoms with Gasteiger partial charge in [-0.05, 0) is 17.0 Å². The molecular weight excluding hydrogens is 212 g/mol. The van der Waals surface area contributed by atoms with Crippen LogP contribution in [0.2, 0.25) is 0 Å². The van der Waals surface area contributed by atoms with Crippen molar-refractivity contribution in [2.45, 2.75) is 26.2 Å². The Morgan fingerprint density at radius 1 is 1.12 bits per heavy atom. The third kappa shape index (κ3) is 2.84. The lowest BCUT2D eigenvalue weighted by atomic mass is 9.88. The van der Waals surface area contributed by atoms with E-state index in [9.17, 15) is 0 Å². The van der Waals surface area contributed by atoms with E-state index in [2.05, 4.69) is 42.2 Å². The summed E-state index contributed by atoms with van der Waals surface area (Å²) in [7, 11) is 1.89. The minimum absolute atomic E-state index is 0.135. The number of hydrogen-bond acceptors (Lipinski definition) is 3. The van der Waals surface area contributed by atoms with Crippen molar-refractivity contribution < 1.29 is 0 Å². The van der Waals surface area contributed by atoms with Crippen LogP contribution in [0.1, 0.15) is 26.3 Å². The molecule has 2 heterocycles. The summed E-state index contributed by atoms with van der Waals surface area (Å²) < 4.78 is 1.76. The maximum absolute atomic E-state index is 4.39. The molecule has 0 aliphatic carbocycles. The predicted octanol–water partition coefficient (Wildman–Crippen LogP) is 2.86. The summed E-state index contributed by atoms with van der Waals surface area (Å²) in [6.45, 7) is 6.53. The summed E-state index contributed by atoms with van der Waals surface area (Å²) in [5.41, 5.74) is 1.36. The van der Waals surface area contributed by atoms with E-state index in [1.54, 1.807) is 4.68 Å². The Labute approximate surface area is 102 Å². The first-order valence-electron chi connectivity index (χ1n) is 5.68. The molecule has 0 atom stereocenters. The number of pyridine rings is 1. The van der Waals surface area contributed by atoms with Crippen LogP contribution in [0.5, 0.6) is 0 Å². The standard InChI is InChI=1S/C13H18N4/c1-13(2,3)10-5-6-11(14-9-10)15-12-7-8-17(4)16-12/h5-9H,1-4H3,(H,14,15,16). The molecule has 0 bridgehead atoms. The minimum Gasteiger partial charge on any atom is -0.323 e. The van der Waals surface area contributed by atoms with Gasteiger partial charge in [0.15, 0.2) is 5.82 Å². The Morgan fingerprint density at radius 3 is 2.35 bits per heavy atom. The molecule has 2 aromatic heterocycles. The van der Waals surface area contributed by atoms with E-state index in [-0.39, 0.29) is 5.41 Å². The molecule has 0 aliphatic heterocycles. The van der Waals surface area contributed by atoms with Crippen molar-refractivity contribution in [1.82, 2.24) is 14.8 Å². The zero-order valence-corrected chi connectivity index (χ0v) is 10.7. The van der Waals surface area contributed by atoms with Crippen molar-refractivity contribution in [2.75, 3.05) is 5.32 Å². The summed E-state index contributed by atoms with van der Waals surface area (Å²) in [6, 6.07) is 5.99. The van der Waals surface area contributed by atoms with Gasteiger partial charge in [-0.2, -0.15) is 5.10 Å². The highest BCUT2D eigenvalue weighted by atomic mass is 15.3. The van der Waals surface area contributed by atoms with Crippen LogP contribution < -0.4 is 5.32 Å². The summed E-state index contributed by atoms with van der Waals surface area (Å²) in [5.74, 6) is 1.63. The highest BCUT2D eigenvalue weighted by Crippen LogP contribution is 2.22. The normalized spacial score (nSPS) is 11.5. The van der Waals surface area contributed by atoms with Crippen LogP contribution in [0.15, 0.2) is 30.6 Å². The molecule has 0 unspecified atom stereocenters. The lowest BCUT2D eigenvalue weighted by Crippen LogP contribution is -2.11. The highest BCUT2D eigenvalue weighted by molar-refractivity contribution is 5.51. The number of nitrogens with zero attached hydrogens (tertiary/aromatic N) is 3. The van der Waals surface area contributed by atoms with E-state index in [0.29, 0.717) is 0 Å². The van der Waals surface area contributed by atoms with Gasteiger partial charge in [0.1, 0.15) is 5.82 Å². The van der Waals surface area contributed by atoms with Gasteiger partial charge in [-0.1, -0.05) is 26.8 Å². The Morgan fingerprint density at radius 2 is 1.88 bits per heavy atom. The fourth-order valence-corrected chi connectivity index (χ4v) is 1.52. The largest absolute Gasteiger partial charge is 0.323 e. The van der Waals surface area contributed by atoms with E-state index >= 15 is 0 Å². The molecule has 90 valence electrons. The van der Waals surface area contributed by atoms with Gasteiger partial charge in [0.2, 0.25) is 0 Å². The first kappa shape index (κ1) is 11.6. The number of anilines is 2. The highest BCUT2D eigenvalue weighted by Gasteiger charge is 2.13. The molecule has 0 saturated carbocycles. The van der Waals surface area contributed by atoms with Crippen molar-refractivity contribution in [2.24, 2.45) is 7.05 Å². The van der Waals surface area contributed by atoms with Gasteiger partial charge in [-0.3, -0.25) is 4.68 Å². The number of rotatable bonds is 2. The Hall–Kier alpha value is -1.84. The molecule has 0 radical (unpaired) electrons. The second-order valence-electron chi connectivity index (χ2n) is 5.18. The van der Waals surface area contributed by atoms with Gasteiger partial charge in [0, 0.05) is 25.5 Å². The van der Waals surface area contributed by atoms with Crippen molar-refractivity contribution in [3.63, 3.8) is 0 Å². The number of nitrogens with one attached hydrogen (secondary N) is 1. The maximum Gasteiger partial charge on any atom is 0.153 e. The molecule has 0 saturated heterocycles. The van der Waals surface area contributed by atoms with E-state index in [1.807, 2.05) is 31.6 Å². The topological polar surface area (TPSA) is 42.7 Å². The fourth-order valence-electron chi connectivity index (χ4n) is 1.52. The van der Waals surface area contributed by atoms with Crippen LogP contribution in [-0.4, -0.2) is 14.8 Å². The molecule has 1 N–H and O–H groups in total. The minimum atomic E-state index is 0.135. The molecule has 2 aromatic rings. The van der Waals surface area contributed by atoms with Crippen molar-refractivity contribution in [3.8, 4) is 0 Å². The third-order valence-electron chi connectivity index (χ3n) is 2.60. The van der Waals surface area contributed by atoms with Crippen molar-refractivity contribution in [3.05, 3.63) is 36.2 Å². The summed E-state index contributed by atoms with van der Waals surface area (Å²) in [5, 5.41) is 7.40. The number of hydrogen-bond donors (Lipinski definition) is 1. The first-order valence-corrected chi connectivity index (χ1v) is 5.68. The molecule has 0 aromatic carbocycles. The Balaban J connectivity index is 2.13. The molecule has 0 aliphatic rings. The quantitative estimate of drug-likeness (QED) is 0.862. The summed E-state index contributed by atoms with van der Waals surface area (Å²) >= 11 is 0. The van der Waals surface area contributed by atoms with Crippen LogP contribution in [0.4, 0.5) is 11.6 Å². The van der Waals surface area contributed by atoms with E-state index in [1.165, 1.54) is 5.56 Å². The lowest BCUT2D eigenvalue weighted by molar-refractivity contribution is 0.587. The van der Waals surface area contributed by atoms with Crippen LogP contribution in [-0.2, 0) is 12.5 Å². The zero-order valence-electron chi connectivity index (χ0n) is 10.7. The van der Waals surface area contributed by atoms with Crippen molar-refractivity contribution in [1.29, 1.82) is 0 Å². The van der Waals surface area contributed by atoms with E-state index in [0.717, 1.165) is 11.6 Å². The maximum atomic E-state index is 4.39. The summed E-state index contributed by atoms with van der Waals surface area (Å²) in [6.07, 6.45) is 3.80. The van der Waals surface area contributed by atoms with Crippen LogP contribution in [0.3, 0.4) is 0 Å². The van der Waals surface area contributed by atoms with Crippen LogP contribution in [0.25, 0.3) is 0 Å². The fraction of sp³-hybridized carbons (Fsp3) is 0.385. The molecule has 17 heavy (non-hydrogen) atoms. The molecule has 0 amide bonds. The molecule has 0 spiro atoms. The van der Waals surface area contributed by atoms with Gasteiger partial charge in [-0.15, -0.1) is 0 Å². The third-order valence-corrected chi connectivity index (χ3v) is 2.60. The molecule has 0 fully saturated rings. The molecule has 2 rings (SSSR count). The molecule has 4 nitrogen and oxygen atoms in total. The average molecular weight is 230 g/mol. The molecule has 4 heteroatoms. The zero-order chi connectivity index (χ0) is 12.5.